The maximum Gasteiger partial charge on any atom is 0.279 e. The quantitative estimate of drug-likeness (QED) is 0.525. The highest BCUT2D eigenvalue weighted by Gasteiger charge is 2.15. The van der Waals surface area contributed by atoms with Crippen molar-refractivity contribution in [2.75, 3.05) is 0 Å². The van der Waals surface area contributed by atoms with Crippen LogP contribution in [0.4, 0.5) is 14.5 Å². The van der Waals surface area contributed by atoms with Gasteiger partial charge in [0.2, 0.25) is 0 Å². The molecule has 0 atom stereocenters. The molecule has 1 aromatic rings. The molecule has 0 saturated carbocycles. The van der Waals surface area contributed by atoms with Gasteiger partial charge in [0.15, 0.2) is 5.83 Å². The molecule has 0 N–H and O–H groups in total. The lowest BCUT2D eigenvalue weighted by atomic mass is 10.1. The summed E-state index contributed by atoms with van der Waals surface area (Å²) in [5.74, 6) is -1.24. The van der Waals surface area contributed by atoms with Gasteiger partial charge in [-0.2, -0.15) is 0 Å². The van der Waals surface area contributed by atoms with Crippen LogP contribution in [0.2, 0.25) is 0 Å². The van der Waals surface area contributed by atoms with Crippen LogP contribution in [-0.4, -0.2) is 4.92 Å². The first-order valence-electron chi connectivity index (χ1n) is 3.36. The molecule has 3 nitrogen and oxygen atoms in total. The van der Waals surface area contributed by atoms with E-state index in [9.17, 15) is 18.9 Å². The number of nitro groups is 1. The second-order valence-corrected chi connectivity index (χ2v) is 2.23. The van der Waals surface area contributed by atoms with Gasteiger partial charge < -0.3 is 0 Å². The molecule has 5 heteroatoms. The molecule has 0 bridgehead atoms. The molecule has 0 aliphatic heterocycles. The number of halogens is 2. The molecule has 0 heterocycles. The number of benzene rings is 1. The second kappa shape index (κ2) is 3.75. The first-order chi connectivity index (χ1) is 6.16. The fourth-order valence-corrected chi connectivity index (χ4v) is 0.894. The number of nitrogens with zero attached hydrogens (tertiary/aromatic N) is 1. The Morgan fingerprint density at radius 2 is 2.08 bits per heavy atom. The van der Waals surface area contributed by atoms with Crippen molar-refractivity contribution in [3.63, 3.8) is 0 Å². The molecule has 0 aliphatic carbocycles. The van der Waals surface area contributed by atoms with Gasteiger partial charge in [-0.1, -0.05) is 12.1 Å². The Labute approximate surface area is 72.5 Å². The summed E-state index contributed by atoms with van der Waals surface area (Å²) in [6.07, 6.45) is -0.303. The van der Waals surface area contributed by atoms with E-state index in [1.165, 1.54) is 12.1 Å². The van der Waals surface area contributed by atoms with Crippen LogP contribution < -0.4 is 0 Å². The summed E-state index contributed by atoms with van der Waals surface area (Å²) >= 11 is 0. The topological polar surface area (TPSA) is 43.1 Å². The monoisotopic (exact) mass is 185 g/mol. The maximum atomic E-state index is 12.7. The summed E-state index contributed by atoms with van der Waals surface area (Å²) in [7, 11) is 0. The molecule has 1 aromatic carbocycles. The summed E-state index contributed by atoms with van der Waals surface area (Å²) in [4.78, 5) is 9.57. The number of nitro benzene ring substituents is 1. The van der Waals surface area contributed by atoms with E-state index in [1.54, 1.807) is 0 Å². The molecule has 0 spiro atoms. The zero-order chi connectivity index (χ0) is 9.84. The predicted molar refractivity (Wildman–Crippen MR) is 43.3 cm³/mol. The Kier molecular flexibility index (Phi) is 2.69. The minimum absolute atomic E-state index is 0.303. The third kappa shape index (κ3) is 1.87. The standard InChI is InChI=1S/C8H5F2NO2/c9-5-7(10)6-3-1-2-4-8(6)11(12)13/h1-5H/b7-5-. The fraction of sp³-hybridized carbons (Fsp3) is 0. The average Bonchev–Trinajstić information content (AvgIpc) is 2.16. The molecule has 0 aliphatic rings. The lowest BCUT2D eigenvalue weighted by Gasteiger charge is -1.97. The molecule has 1 rings (SSSR count). The molecular weight excluding hydrogens is 180 g/mol. The highest BCUT2D eigenvalue weighted by Crippen LogP contribution is 2.26. The zero-order valence-electron chi connectivity index (χ0n) is 6.41. The van der Waals surface area contributed by atoms with Gasteiger partial charge in [-0.25, -0.2) is 8.78 Å². The van der Waals surface area contributed by atoms with E-state index in [0.29, 0.717) is 0 Å². The molecule has 0 unspecified atom stereocenters. The van der Waals surface area contributed by atoms with Gasteiger partial charge in [0.05, 0.1) is 10.5 Å². The Balaban J connectivity index is 3.28. The number of rotatable bonds is 2. The van der Waals surface area contributed by atoms with Crippen molar-refractivity contribution in [2.24, 2.45) is 0 Å². The van der Waals surface area contributed by atoms with E-state index < -0.39 is 16.4 Å². The smallest absolute Gasteiger partial charge is 0.258 e. The van der Waals surface area contributed by atoms with Gasteiger partial charge in [0.1, 0.15) is 6.33 Å². The van der Waals surface area contributed by atoms with Crippen LogP contribution in [0, 0.1) is 10.1 Å². The highest BCUT2D eigenvalue weighted by molar-refractivity contribution is 5.66. The lowest BCUT2D eigenvalue weighted by molar-refractivity contribution is -0.385. The van der Waals surface area contributed by atoms with Gasteiger partial charge in [-0.3, -0.25) is 10.1 Å². The van der Waals surface area contributed by atoms with Crippen LogP contribution in [-0.2, 0) is 0 Å². The normalized spacial score (nSPS) is 11.4. The van der Waals surface area contributed by atoms with Crippen molar-refractivity contribution < 1.29 is 13.7 Å². The van der Waals surface area contributed by atoms with Crippen molar-refractivity contribution in [3.05, 3.63) is 46.3 Å². The van der Waals surface area contributed by atoms with Crippen molar-refractivity contribution in [1.29, 1.82) is 0 Å². The molecule has 0 aromatic heterocycles. The molecular formula is C8H5F2NO2. The van der Waals surface area contributed by atoms with Crippen LogP contribution in [0.5, 0.6) is 0 Å². The van der Waals surface area contributed by atoms with Crippen LogP contribution >= 0.6 is 0 Å². The van der Waals surface area contributed by atoms with E-state index in [0.717, 1.165) is 12.1 Å². The Hall–Kier alpha value is -1.78. The number of para-hydroxylation sites is 1. The van der Waals surface area contributed by atoms with Crippen LogP contribution in [0.25, 0.3) is 5.83 Å². The van der Waals surface area contributed by atoms with Crippen molar-refractivity contribution in [1.82, 2.24) is 0 Å². The van der Waals surface area contributed by atoms with Crippen molar-refractivity contribution >= 4 is 11.5 Å². The van der Waals surface area contributed by atoms with E-state index in [2.05, 4.69) is 0 Å². The van der Waals surface area contributed by atoms with Gasteiger partial charge in [-0.05, 0) is 6.07 Å². The molecule has 0 fully saturated rings. The van der Waals surface area contributed by atoms with Crippen LogP contribution in [0.15, 0.2) is 30.6 Å². The largest absolute Gasteiger partial charge is 0.279 e. The minimum Gasteiger partial charge on any atom is -0.258 e. The number of hydrogen-bond acceptors (Lipinski definition) is 2. The van der Waals surface area contributed by atoms with E-state index in [4.69, 9.17) is 0 Å². The highest BCUT2D eigenvalue weighted by atomic mass is 19.2. The third-order valence-electron chi connectivity index (χ3n) is 1.45. The predicted octanol–water partition coefficient (Wildman–Crippen LogP) is 2.83. The average molecular weight is 185 g/mol. The van der Waals surface area contributed by atoms with E-state index >= 15 is 0 Å². The molecule has 0 saturated heterocycles. The Morgan fingerprint density at radius 1 is 1.46 bits per heavy atom. The first kappa shape index (κ1) is 9.31. The van der Waals surface area contributed by atoms with Crippen molar-refractivity contribution in [2.45, 2.75) is 0 Å². The van der Waals surface area contributed by atoms with E-state index in [1.807, 2.05) is 0 Å². The second-order valence-electron chi connectivity index (χ2n) is 2.23. The Morgan fingerprint density at radius 3 is 2.62 bits per heavy atom. The van der Waals surface area contributed by atoms with Gasteiger partial charge in [0, 0.05) is 6.07 Å². The van der Waals surface area contributed by atoms with Gasteiger partial charge in [-0.15, -0.1) is 0 Å². The minimum atomic E-state index is -1.24. The summed E-state index contributed by atoms with van der Waals surface area (Å²) in [5.41, 5.74) is -0.802. The summed E-state index contributed by atoms with van der Waals surface area (Å²) < 4.78 is 24.4. The molecule has 13 heavy (non-hydrogen) atoms. The molecule has 0 amide bonds. The SMILES string of the molecule is O=[N+]([O-])c1ccccc1/C(F)=C/F. The third-order valence-corrected chi connectivity index (χ3v) is 1.45. The lowest BCUT2D eigenvalue weighted by Crippen LogP contribution is -1.92. The molecule has 68 valence electrons. The summed E-state index contributed by atoms with van der Waals surface area (Å²) in [6.45, 7) is 0. The number of hydrogen-bond donors (Lipinski definition) is 0. The maximum absolute atomic E-state index is 12.7. The zero-order valence-corrected chi connectivity index (χ0v) is 6.41. The van der Waals surface area contributed by atoms with Crippen molar-refractivity contribution in [3.8, 4) is 0 Å². The van der Waals surface area contributed by atoms with Crippen LogP contribution in [0.1, 0.15) is 5.56 Å². The molecule has 0 radical (unpaired) electrons. The fourth-order valence-electron chi connectivity index (χ4n) is 0.894. The van der Waals surface area contributed by atoms with Gasteiger partial charge in [0.25, 0.3) is 5.69 Å². The van der Waals surface area contributed by atoms with Gasteiger partial charge >= 0.3 is 0 Å². The Bertz CT molecular complexity index is 363. The summed E-state index contributed by atoms with van der Waals surface area (Å²) in [5, 5.41) is 10.3. The summed E-state index contributed by atoms with van der Waals surface area (Å²) in [6, 6.07) is 5.03. The van der Waals surface area contributed by atoms with E-state index in [-0.39, 0.29) is 11.9 Å². The van der Waals surface area contributed by atoms with Crippen LogP contribution in [0.3, 0.4) is 0 Å². The first-order valence-corrected chi connectivity index (χ1v) is 3.36.